The summed E-state index contributed by atoms with van der Waals surface area (Å²) in [5.41, 5.74) is 13.8. The van der Waals surface area contributed by atoms with Crippen LogP contribution in [0.25, 0.3) is 0 Å². The zero-order chi connectivity index (χ0) is 14.7. The van der Waals surface area contributed by atoms with Crippen LogP contribution in [-0.2, 0) is 6.54 Å². The van der Waals surface area contributed by atoms with E-state index in [2.05, 4.69) is 0 Å². The third-order valence-corrected chi connectivity index (χ3v) is 3.16. The Morgan fingerprint density at radius 1 is 1.10 bits per heavy atom. The van der Waals surface area contributed by atoms with Crippen molar-refractivity contribution in [3.8, 4) is 0 Å². The summed E-state index contributed by atoms with van der Waals surface area (Å²) in [6, 6.07) is 12.2. The van der Waals surface area contributed by atoms with E-state index < -0.39 is 0 Å². The summed E-state index contributed by atoms with van der Waals surface area (Å²) in [6.07, 6.45) is 0. The highest BCUT2D eigenvalue weighted by Gasteiger charge is 2.13. The van der Waals surface area contributed by atoms with E-state index in [-0.39, 0.29) is 5.91 Å². The van der Waals surface area contributed by atoms with Crippen LogP contribution in [0.15, 0.2) is 42.5 Å². The lowest BCUT2D eigenvalue weighted by molar-refractivity contribution is 0.0785. The number of amides is 1. The minimum absolute atomic E-state index is 0.126. The van der Waals surface area contributed by atoms with Crippen molar-refractivity contribution in [1.29, 1.82) is 0 Å². The second-order valence-corrected chi connectivity index (χ2v) is 5.11. The van der Waals surface area contributed by atoms with Gasteiger partial charge < -0.3 is 16.4 Å². The highest BCUT2D eigenvalue weighted by molar-refractivity contribution is 6.30. The molecule has 2 aromatic carbocycles. The molecule has 2 rings (SSSR count). The number of nitrogen functional groups attached to an aromatic ring is 2. The van der Waals surface area contributed by atoms with Crippen molar-refractivity contribution >= 4 is 28.9 Å². The van der Waals surface area contributed by atoms with Gasteiger partial charge in [-0.3, -0.25) is 4.79 Å². The maximum absolute atomic E-state index is 12.3. The molecule has 4 nitrogen and oxygen atoms in total. The number of hydrogen-bond acceptors (Lipinski definition) is 3. The van der Waals surface area contributed by atoms with Crippen LogP contribution in [-0.4, -0.2) is 17.9 Å². The van der Waals surface area contributed by atoms with Crippen molar-refractivity contribution in [2.24, 2.45) is 0 Å². The van der Waals surface area contributed by atoms with Crippen LogP contribution < -0.4 is 11.5 Å². The molecule has 0 unspecified atom stereocenters. The van der Waals surface area contributed by atoms with Crippen molar-refractivity contribution in [2.75, 3.05) is 18.5 Å². The van der Waals surface area contributed by atoms with Crippen LogP contribution in [0.5, 0.6) is 0 Å². The number of rotatable bonds is 3. The van der Waals surface area contributed by atoms with Gasteiger partial charge in [0.15, 0.2) is 0 Å². The number of carbonyl (C=O) groups excluding carboxylic acids is 1. The lowest BCUT2D eigenvalue weighted by atomic mass is 10.1. The van der Waals surface area contributed by atoms with Crippen molar-refractivity contribution < 1.29 is 4.79 Å². The molecule has 0 aliphatic rings. The molecule has 0 radical (unpaired) electrons. The number of halogens is 1. The van der Waals surface area contributed by atoms with Crippen molar-refractivity contribution in [2.45, 2.75) is 6.54 Å². The van der Waals surface area contributed by atoms with Crippen LogP contribution in [0.1, 0.15) is 15.9 Å². The standard InChI is InChI=1S/C15H16ClN3O/c1-19(9-10-2-4-12(16)5-3-10)15(20)11-6-13(17)8-14(18)7-11/h2-8H,9,17-18H2,1H3. The summed E-state index contributed by atoms with van der Waals surface area (Å²) in [5, 5.41) is 0.673. The van der Waals surface area contributed by atoms with Gasteiger partial charge in [0.2, 0.25) is 0 Å². The van der Waals surface area contributed by atoms with Crippen LogP contribution in [0.3, 0.4) is 0 Å². The normalized spacial score (nSPS) is 10.3. The molecule has 0 atom stereocenters. The molecule has 5 heteroatoms. The lowest BCUT2D eigenvalue weighted by Gasteiger charge is -2.18. The predicted molar refractivity (Wildman–Crippen MR) is 82.5 cm³/mol. The van der Waals surface area contributed by atoms with Gasteiger partial charge in [0.1, 0.15) is 0 Å². The Labute approximate surface area is 122 Å². The minimum Gasteiger partial charge on any atom is -0.399 e. The number of anilines is 2. The summed E-state index contributed by atoms with van der Waals surface area (Å²) in [6.45, 7) is 0.491. The summed E-state index contributed by atoms with van der Waals surface area (Å²) in [7, 11) is 1.73. The third-order valence-electron chi connectivity index (χ3n) is 2.90. The molecule has 0 aliphatic heterocycles. The van der Waals surface area contributed by atoms with E-state index in [4.69, 9.17) is 23.1 Å². The smallest absolute Gasteiger partial charge is 0.254 e. The molecule has 2 aromatic rings. The number of carbonyl (C=O) groups is 1. The summed E-state index contributed by atoms with van der Waals surface area (Å²) in [4.78, 5) is 13.9. The number of benzene rings is 2. The average molecular weight is 290 g/mol. The largest absolute Gasteiger partial charge is 0.399 e. The third kappa shape index (κ3) is 3.42. The summed E-state index contributed by atoms with van der Waals surface area (Å²) >= 11 is 5.83. The lowest BCUT2D eigenvalue weighted by Crippen LogP contribution is -2.26. The molecule has 20 heavy (non-hydrogen) atoms. The van der Waals surface area contributed by atoms with Gasteiger partial charge in [-0.1, -0.05) is 23.7 Å². The van der Waals surface area contributed by atoms with Gasteiger partial charge in [0.05, 0.1) is 0 Å². The molecule has 0 heterocycles. The van der Waals surface area contributed by atoms with E-state index in [9.17, 15) is 4.79 Å². The fourth-order valence-corrected chi connectivity index (χ4v) is 2.08. The monoisotopic (exact) mass is 289 g/mol. The fraction of sp³-hybridized carbons (Fsp3) is 0.133. The molecule has 0 saturated heterocycles. The molecule has 104 valence electrons. The second kappa shape index (κ2) is 5.84. The Bertz CT molecular complexity index is 605. The minimum atomic E-state index is -0.126. The topological polar surface area (TPSA) is 72.3 Å². The Hall–Kier alpha value is -2.20. The van der Waals surface area contributed by atoms with Crippen LogP contribution >= 0.6 is 11.6 Å². The van der Waals surface area contributed by atoms with Gasteiger partial charge in [-0.2, -0.15) is 0 Å². The highest BCUT2D eigenvalue weighted by atomic mass is 35.5. The molecule has 0 fully saturated rings. The van der Waals surface area contributed by atoms with Gasteiger partial charge in [-0.25, -0.2) is 0 Å². The SMILES string of the molecule is CN(Cc1ccc(Cl)cc1)C(=O)c1cc(N)cc(N)c1. The van der Waals surface area contributed by atoms with Crippen molar-refractivity contribution in [3.05, 3.63) is 58.6 Å². The molecule has 0 bridgehead atoms. The van der Waals surface area contributed by atoms with E-state index in [0.717, 1.165) is 5.56 Å². The molecular weight excluding hydrogens is 274 g/mol. The first-order valence-corrected chi connectivity index (χ1v) is 6.49. The maximum atomic E-state index is 12.3. The maximum Gasteiger partial charge on any atom is 0.254 e. The molecule has 1 amide bonds. The molecule has 0 aromatic heterocycles. The molecule has 0 spiro atoms. The summed E-state index contributed by atoms with van der Waals surface area (Å²) < 4.78 is 0. The van der Waals surface area contributed by atoms with Crippen molar-refractivity contribution in [1.82, 2.24) is 4.90 Å². The van der Waals surface area contributed by atoms with E-state index >= 15 is 0 Å². The average Bonchev–Trinajstić information content (AvgIpc) is 2.39. The van der Waals surface area contributed by atoms with Crippen LogP contribution in [0.4, 0.5) is 11.4 Å². The van der Waals surface area contributed by atoms with Crippen molar-refractivity contribution in [3.63, 3.8) is 0 Å². The zero-order valence-corrected chi connectivity index (χ0v) is 11.9. The van der Waals surface area contributed by atoms with Gasteiger partial charge in [-0.15, -0.1) is 0 Å². The van der Waals surface area contributed by atoms with Gasteiger partial charge in [0.25, 0.3) is 5.91 Å². The fourth-order valence-electron chi connectivity index (χ4n) is 1.96. The second-order valence-electron chi connectivity index (χ2n) is 4.68. The Morgan fingerprint density at radius 3 is 2.20 bits per heavy atom. The van der Waals surface area contributed by atoms with E-state index in [1.807, 2.05) is 12.1 Å². The predicted octanol–water partition coefficient (Wildman–Crippen LogP) is 2.78. The number of nitrogens with zero attached hydrogens (tertiary/aromatic N) is 1. The van der Waals surface area contributed by atoms with E-state index in [0.29, 0.717) is 28.5 Å². The molecular formula is C15H16ClN3O. The Balaban J connectivity index is 2.14. The highest BCUT2D eigenvalue weighted by Crippen LogP contribution is 2.17. The van der Waals surface area contributed by atoms with Crippen LogP contribution in [0.2, 0.25) is 5.02 Å². The molecule has 4 N–H and O–H groups in total. The molecule has 0 aliphatic carbocycles. The van der Waals surface area contributed by atoms with Gasteiger partial charge in [-0.05, 0) is 35.9 Å². The Morgan fingerprint density at radius 2 is 1.65 bits per heavy atom. The van der Waals surface area contributed by atoms with E-state index in [1.165, 1.54) is 0 Å². The zero-order valence-electron chi connectivity index (χ0n) is 11.1. The number of nitrogens with two attached hydrogens (primary N) is 2. The summed E-state index contributed by atoms with van der Waals surface area (Å²) in [5.74, 6) is -0.126. The van der Waals surface area contributed by atoms with Gasteiger partial charge in [0, 0.05) is 35.6 Å². The first kappa shape index (κ1) is 14.2. The number of hydrogen-bond donors (Lipinski definition) is 2. The quantitative estimate of drug-likeness (QED) is 0.854. The first-order chi connectivity index (χ1) is 9.45. The van der Waals surface area contributed by atoms with Crippen LogP contribution in [0, 0.1) is 0 Å². The van der Waals surface area contributed by atoms with E-state index in [1.54, 1.807) is 42.3 Å². The first-order valence-electron chi connectivity index (χ1n) is 6.11. The molecule has 0 saturated carbocycles. The van der Waals surface area contributed by atoms with Gasteiger partial charge >= 0.3 is 0 Å². The Kier molecular flexibility index (Phi) is 4.15.